The first kappa shape index (κ1) is 17.8. The lowest BCUT2D eigenvalue weighted by atomic mass is 10.2. The van der Waals surface area contributed by atoms with E-state index in [1.54, 1.807) is 0 Å². The van der Waals surface area contributed by atoms with Crippen molar-refractivity contribution in [3.05, 3.63) is 54.1 Å². The van der Waals surface area contributed by atoms with E-state index >= 15 is 0 Å². The average Bonchev–Trinajstić information content (AvgIpc) is 2.45. The number of carbonyl (C=O) groups excluding carboxylic acids is 1. The highest BCUT2D eigenvalue weighted by atomic mass is 32.2. The number of sulfone groups is 1. The molecule has 0 aliphatic carbocycles. The minimum atomic E-state index is -4.84. The number of amides is 1. The van der Waals surface area contributed by atoms with Crippen LogP contribution in [0.2, 0.25) is 0 Å². The molecule has 9 heteroatoms. The van der Waals surface area contributed by atoms with Crippen LogP contribution in [0.4, 0.5) is 18.9 Å². The van der Waals surface area contributed by atoms with Crippen molar-refractivity contribution in [3.63, 3.8) is 0 Å². The van der Waals surface area contributed by atoms with Gasteiger partial charge in [0.25, 0.3) is 5.91 Å². The lowest BCUT2D eigenvalue weighted by Crippen LogP contribution is -2.17. The lowest BCUT2D eigenvalue weighted by Gasteiger charge is -2.11. The van der Waals surface area contributed by atoms with E-state index in [0.29, 0.717) is 0 Å². The molecule has 2 aromatic rings. The number of benzene rings is 2. The van der Waals surface area contributed by atoms with Crippen LogP contribution in [-0.4, -0.2) is 26.9 Å². The van der Waals surface area contributed by atoms with Gasteiger partial charge in [0.05, 0.1) is 4.90 Å². The molecule has 0 bridgehead atoms. The molecule has 0 spiro atoms. The van der Waals surface area contributed by atoms with E-state index < -0.39 is 27.9 Å². The summed E-state index contributed by atoms with van der Waals surface area (Å²) >= 11 is 0. The highest BCUT2D eigenvalue weighted by Crippen LogP contribution is 2.25. The Morgan fingerprint density at radius 1 is 1.08 bits per heavy atom. The molecule has 0 aliphatic heterocycles. The SMILES string of the molecule is CS(=O)(=O)c1cccc(C(=O)Nc2cccc(OC(F)(F)F)c2)c1. The van der Waals surface area contributed by atoms with Crippen molar-refractivity contribution in [3.8, 4) is 5.75 Å². The largest absolute Gasteiger partial charge is 0.573 e. The predicted molar refractivity (Wildman–Crippen MR) is 80.6 cm³/mol. The normalized spacial score (nSPS) is 11.8. The highest BCUT2D eigenvalue weighted by Gasteiger charge is 2.31. The smallest absolute Gasteiger partial charge is 0.406 e. The molecule has 0 fully saturated rings. The number of hydrogen-bond acceptors (Lipinski definition) is 4. The van der Waals surface area contributed by atoms with Crippen LogP contribution in [0.25, 0.3) is 0 Å². The van der Waals surface area contributed by atoms with Crippen LogP contribution in [0.5, 0.6) is 5.75 Å². The van der Waals surface area contributed by atoms with Gasteiger partial charge in [0.1, 0.15) is 5.75 Å². The van der Waals surface area contributed by atoms with Gasteiger partial charge in [0.2, 0.25) is 0 Å². The van der Waals surface area contributed by atoms with E-state index in [0.717, 1.165) is 18.4 Å². The highest BCUT2D eigenvalue weighted by molar-refractivity contribution is 7.90. The fourth-order valence-corrected chi connectivity index (χ4v) is 2.51. The van der Waals surface area contributed by atoms with Crippen molar-refractivity contribution in [2.24, 2.45) is 0 Å². The van der Waals surface area contributed by atoms with Crippen molar-refractivity contribution in [1.29, 1.82) is 0 Å². The maximum Gasteiger partial charge on any atom is 0.573 e. The summed E-state index contributed by atoms with van der Waals surface area (Å²) in [5.41, 5.74) is 0.131. The van der Waals surface area contributed by atoms with Gasteiger partial charge in [0, 0.05) is 23.6 Å². The van der Waals surface area contributed by atoms with Crippen LogP contribution in [-0.2, 0) is 9.84 Å². The fourth-order valence-electron chi connectivity index (χ4n) is 1.84. The minimum absolute atomic E-state index is 0.0377. The predicted octanol–water partition coefficient (Wildman–Crippen LogP) is 3.24. The summed E-state index contributed by atoms with van der Waals surface area (Å²) in [6.07, 6.45) is -3.84. The van der Waals surface area contributed by atoms with Gasteiger partial charge in [-0.25, -0.2) is 8.42 Å². The van der Waals surface area contributed by atoms with Crippen molar-refractivity contribution in [2.45, 2.75) is 11.3 Å². The molecule has 2 rings (SSSR count). The Morgan fingerprint density at radius 3 is 2.38 bits per heavy atom. The van der Waals surface area contributed by atoms with E-state index in [2.05, 4.69) is 10.1 Å². The molecule has 0 saturated heterocycles. The summed E-state index contributed by atoms with van der Waals surface area (Å²) in [6, 6.07) is 10.1. The van der Waals surface area contributed by atoms with Crippen LogP contribution >= 0.6 is 0 Å². The Kier molecular flexibility index (Phi) is 4.83. The quantitative estimate of drug-likeness (QED) is 0.910. The Balaban J connectivity index is 2.20. The second-order valence-electron chi connectivity index (χ2n) is 4.83. The van der Waals surface area contributed by atoms with Gasteiger partial charge in [0.15, 0.2) is 9.84 Å². The first-order valence-corrected chi connectivity index (χ1v) is 8.41. The number of rotatable bonds is 4. The van der Waals surface area contributed by atoms with Crippen molar-refractivity contribution >= 4 is 21.4 Å². The zero-order valence-corrected chi connectivity index (χ0v) is 13.1. The van der Waals surface area contributed by atoms with E-state index in [1.165, 1.54) is 36.4 Å². The molecule has 5 nitrogen and oxygen atoms in total. The molecule has 1 amide bonds. The van der Waals surface area contributed by atoms with Crippen molar-refractivity contribution in [1.82, 2.24) is 0 Å². The van der Waals surface area contributed by atoms with Gasteiger partial charge in [-0.2, -0.15) is 0 Å². The van der Waals surface area contributed by atoms with Gasteiger partial charge in [-0.3, -0.25) is 4.79 Å². The summed E-state index contributed by atoms with van der Waals surface area (Å²) in [7, 11) is -3.48. The van der Waals surface area contributed by atoms with Crippen LogP contribution in [0, 0.1) is 0 Å². The lowest BCUT2D eigenvalue weighted by molar-refractivity contribution is -0.274. The Hall–Kier alpha value is -2.55. The summed E-state index contributed by atoms with van der Waals surface area (Å²) in [5, 5.41) is 2.38. The van der Waals surface area contributed by atoms with Crippen molar-refractivity contribution in [2.75, 3.05) is 11.6 Å². The number of anilines is 1. The minimum Gasteiger partial charge on any atom is -0.406 e. The summed E-state index contributed by atoms with van der Waals surface area (Å²) in [5.74, 6) is -1.14. The molecule has 2 aromatic carbocycles. The number of ether oxygens (including phenoxy) is 1. The third-order valence-corrected chi connectivity index (χ3v) is 3.96. The standard InChI is InChI=1S/C15H12F3NO4S/c1-24(21,22)13-7-2-4-10(8-13)14(20)19-11-5-3-6-12(9-11)23-15(16,17)18/h2-9H,1H3,(H,19,20). The van der Waals surface area contributed by atoms with Gasteiger partial charge >= 0.3 is 6.36 Å². The zero-order chi connectivity index (χ0) is 18.0. The molecular formula is C15H12F3NO4S. The first-order chi connectivity index (χ1) is 11.0. The second kappa shape index (κ2) is 6.52. The maximum atomic E-state index is 12.2. The van der Waals surface area contributed by atoms with Crippen LogP contribution in [0.1, 0.15) is 10.4 Å². The Bertz CT molecular complexity index is 863. The van der Waals surface area contributed by atoms with E-state index in [-0.39, 0.29) is 16.1 Å². The molecule has 128 valence electrons. The molecular weight excluding hydrogens is 347 g/mol. The summed E-state index contributed by atoms with van der Waals surface area (Å²) in [4.78, 5) is 12.1. The molecule has 0 aliphatic rings. The van der Waals surface area contributed by atoms with Gasteiger partial charge in [-0.1, -0.05) is 12.1 Å². The number of alkyl halides is 3. The van der Waals surface area contributed by atoms with E-state index in [1.807, 2.05) is 0 Å². The van der Waals surface area contributed by atoms with Gasteiger partial charge in [-0.05, 0) is 30.3 Å². The zero-order valence-electron chi connectivity index (χ0n) is 12.3. The molecule has 24 heavy (non-hydrogen) atoms. The van der Waals surface area contributed by atoms with E-state index in [9.17, 15) is 26.4 Å². The average molecular weight is 359 g/mol. The van der Waals surface area contributed by atoms with Gasteiger partial charge in [-0.15, -0.1) is 13.2 Å². The molecule has 1 N–H and O–H groups in total. The first-order valence-electron chi connectivity index (χ1n) is 6.52. The monoisotopic (exact) mass is 359 g/mol. The number of halogens is 3. The molecule has 0 radical (unpaired) electrons. The number of hydrogen-bond donors (Lipinski definition) is 1. The molecule has 0 atom stereocenters. The Labute approximate surface area is 136 Å². The van der Waals surface area contributed by atoms with Crippen molar-refractivity contribution < 1.29 is 31.1 Å². The maximum absolute atomic E-state index is 12.2. The third kappa shape index (κ3) is 4.98. The molecule has 0 saturated carbocycles. The van der Waals surface area contributed by atoms with Crippen LogP contribution in [0.15, 0.2) is 53.4 Å². The Morgan fingerprint density at radius 2 is 1.75 bits per heavy atom. The second-order valence-corrected chi connectivity index (χ2v) is 6.85. The number of nitrogens with one attached hydrogen (secondary N) is 1. The number of carbonyl (C=O) groups is 1. The van der Waals surface area contributed by atoms with Gasteiger partial charge < -0.3 is 10.1 Å². The third-order valence-electron chi connectivity index (χ3n) is 2.85. The molecule has 0 unspecified atom stereocenters. The fraction of sp³-hybridized carbons (Fsp3) is 0.133. The topological polar surface area (TPSA) is 72.5 Å². The summed E-state index contributed by atoms with van der Waals surface area (Å²) in [6.45, 7) is 0. The van der Waals surface area contributed by atoms with Crippen LogP contribution in [0.3, 0.4) is 0 Å². The molecule has 0 heterocycles. The van der Waals surface area contributed by atoms with E-state index in [4.69, 9.17) is 0 Å². The summed E-state index contributed by atoms with van der Waals surface area (Å²) < 4.78 is 63.3. The van der Waals surface area contributed by atoms with Crippen LogP contribution < -0.4 is 10.1 Å². The molecule has 0 aromatic heterocycles.